The molecule has 1 amide bonds. The average Bonchev–Trinajstić information content (AvgIpc) is 2.92. The van der Waals surface area contributed by atoms with Gasteiger partial charge in [-0.3, -0.25) is 4.79 Å². The number of rotatable bonds is 7. The van der Waals surface area contributed by atoms with E-state index < -0.39 is 26.0 Å². The first-order chi connectivity index (χ1) is 12.8. The van der Waals surface area contributed by atoms with Gasteiger partial charge in [-0.25, -0.2) is 25.9 Å². The Labute approximate surface area is 159 Å². The average molecular weight is 409 g/mol. The summed E-state index contributed by atoms with van der Waals surface area (Å²) in [6, 6.07) is 15.0. The highest BCUT2D eigenvalue weighted by molar-refractivity contribution is 7.94. The first-order valence-electron chi connectivity index (χ1n) is 8.49. The quantitative estimate of drug-likeness (QED) is 0.703. The lowest BCUT2D eigenvalue weighted by molar-refractivity contribution is -0.116. The SMILES string of the molecule is O=C1CCS(=O)(=O)N1c1ccc(S(=O)(=O)NCCCc2ccccc2)cc1. The van der Waals surface area contributed by atoms with E-state index in [1.165, 1.54) is 24.3 Å². The number of hydrogen-bond donors (Lipinski definition) is 1. The van der Waals surface area contributed by atoms with E-state index >= 15 is 0 Å². The van der Waals surface area contributed by atoms with Crippen molar-refractivity contribution in [1.29, 1.82) is 0 Å². The molecule has 2 aromatic rings. The zero-order valence-corrected chi connectivity index (χ0v) is 16.2. The van der Waals surface area contributed by atoms with Gasteiger partial charge in [0, 0.05) is 13.0 Å². The van der Waals surface area contributed by atoms with Crippen LogP contribution in [-0.2, 0) is 31.3 Å². The van der Waals surface area contributed by atoms with E-state index in [2.05, 4.69) is 4.72 Å². The standard InChI is InChI=1S/C18H20N2O5S2/c21-18-12-14-26(22,23)20(18)16-8-10-17(11-9-16)27(24,25)19-13-4-7-15-5-2-1-3-6-15/h1-3,5-6,8-11,19H,4,7,12-14H2. The number of sulfonamides is 2. The molecule has 2 aromatic carbocycles. The van der Waals surface area contributed by atoms with Crippen LogP contribution >= 0.6 is 0 Å². The summed E-state index contributed by atoms with van der Waals surface area (Å²) in [4.78, 5) is 11.8. The molecule has 27 heavy (non-hydrogen) atoms. The van der Waals surface area contributed by atoms with Gasteiger partial charge in [-0.15, -0.1) is 0 Å². The van der Waals surface area contributed by atoms with Crippen LogP contribution in [0.1, 0.15) is 18.4 Å². The van der Waals surface area contributed by atoms with E-state index in [1.807, 2.05) is 30.3 Å². The van der Waals surface area contributed by atoms with Crippen LogP contribution in [0, 0.1) is 0 Å². The third-order valence-electron chi connectivity index (χ3n) is 4.24. The van der Waals surface area contributed by atoms with Crippen LogP contribution < -0.4 is 9.03 Å². The van der Waals surface area contributed by atoms with Crippen LogP contribution in [0.15, 0.2) is 59.5 Å². The first-order valence-corrected chi connectivity index (χ1v) is 11.6. The molecule has 1 aliphatic rings. The number of benzene rings is 2. The second kappa shape index (κ2) is 7.79. The minimum Gasteiger partial charge on any atom is -0.273 e. The van der Waals surface area contributed by atoms with Gasteiger partial charge in [-0.2, -0.15) is 0 Å². The predicted molar refractivity (Wildman–Crippen MR) is 102 cm³/mol. The highest BCUT2D eigenvalue weighted by Crippen LogP contribution is 2.26. The zero-order chi connectivity index (χ0) is 19.5. The predicted octanol–water partition coefficient (Wildman–Crippen LogP) is 1.66. The number of carbonyl (C=O) groups excluding carboxylic acids is 1. The van der Waals surface area contributed by atoms with Gasteiger partial charge in [0.25, 0.3) is 0 Å². The van der Waals surface area contributed by atoms with Gasteiger partial charge < -0.3 is 0 Å². The van der Waals surface area contributed by atoms with Crippen molar-refractivity contribution >= 4 is 31.6 Å². The molecule has 0 aromatic heterocycles. The molecule has 3 rings (SSSR count). The number of anilines is 1. The lowest BCUT2D eigenvalue weighted by Crippen LogP contribution is -2.29. The molecule has 0 bridgehead atoms. The lowest BCUT2D eigenvalue weighted by atomic mass is 10.1. The zero-order valence-electron chi connectivity index (χ0n) is 14.5. The van der Waals surface area contributed by atoms with E-state index in [1.54, 1.807) is 0 Å². The van der Waals surface area contributed by atoms with Gasteiger partial charge in [0.1, 0.15) is 0 Å². The molecule has 144 valence electrons. The van der Waals surface area contributed by atoms with Crippen molar-refractivity contribution in [3.8, 4) is 0 Å². The Kier molecular flexibility index (Phi) is 5.64. The number of aryl methyl sites for hydroxylation is 1. The van der Waals surface area contributed by atoms with E-state index in [-0.39, 0.29) is 29.3 Å². The van der Waals surface area contributed by atoms with Crippen molar-refractivity contribution in [1.82, 2.24) is 4.72 Å². The van der Waals surface area contributed by atoms with Gasteiger partial charge in [-0.1, -0.05) is 30.3 Å². The van der Waals surface area contributed by atoms with Crippen molar-refractivity contribution in [2.75, 3.05) is 16.6 Å². The summed E-state index contributed by atoms with van der Waals surface area (Å²) in [7, 11) is -7.36. The molecule has 0 aliphatic carbocycles. The molecule has 1 aliphatic heterocycles. The van der Waals surface area contributed by atoms with E-state index in [4.69, 9.17) is 0 Å². The van der Waals surface area contributed by atoms with Gasteiger partial charge in [0.2, 0.25) is 26.0 Å². The van der Waals surface area contributed by atoms with E-state index in [0.29, 0.717) is 6.42 Å². The number of nitrogens with zero attached hydrogens (tertiary/aromatic N) is 1. The Morgan fingerprint density at radius 1 is 1.00 bits per heavy atom. The number of carbonyl (C=O) groups is 1. The largest absolute Gasteiger partial charge is 0.273 e. The lowest BCUT2D eigenvalue weighted by Gasteiger charge is -2.15. The molecule has 9 heteroatoms. The normalized spacial score (nSPS) is 16.6. The fourth-order valence-electron chi connectivity index (χ4n) is 2.86. The molecule has 0 atom stereocenters. The first kappa shape index (κ1) is 19.5. The van der Waals surface area contributed by atoms with Crippen molar-refractivity contribution in [2.45, 2.75) is 24.2 Å². The highest BCUT2D eigenvalue weighted by atomic mass is 32.2. The molecule has 0 saturated carbocycles. The summed E-state index contributed by atoms with van der Waals surface area (Å²) in [5.74, 6) is -0.737. The molecule has 0 spiro atoms. The van der Waals surface area contributed by atoms with Crippen molar-refractivity contribution in [3.63, 3.8) is 0 Å². The Morgan fingerprint density at radius 2 is 1.67 bits per heavy atom. The van der Waals surface area contributed by atoms with Crippen LogP contribution in [0.2, 0.25) is 0 Å². The Bertz CT molecular complexity index is 1020. The van der Waals surface area contributed by atoms with Crippen LogP contribution in [0.5, 0.6) is 0 Å². The number of nitrogens with one attached hydrogen (secondary N) is 1. The topological polar surface area (TPSA) is 101 Å². The van der Waals surface area contributed by atoms with E-state index in [9.17, 15) is 21.6 Å². The molecule has 0 radical (unpaired) electrons. The second-order valence-corrected chi connectivity index (χ2v) is 9.91. The Hall–Kier alpha value is -2.23. The van der Waals surface area contributed by atoms with Crippen molar-refractivity contribution < 1.29 is 21.6 Å². The van der Waals surface area contributed by atoms with Crippen LogP contribution in [0.4, 0.5) is 5.69 Å². The fraction of sp³-hybridized carbons (Fsp3) is 0.278. The molecule has 1 heterocycles. The summed E-state index contributed by atoms with van der Waals surface area (Å²) in [6.07, 6.45) is 1.35. The molecule has 1 fully saturated rings. The monoisotopic (exact) mass is 408 g/mol. The highest BCUT2D eigenvalue weighted by Gasteiger charge is 2.36. The van der Waals surface area contributed by atoms with Crippen LogP contribution in [0.3, 0.4) is 0 Å². The molecule has 1 N–H and O–H groups in total. The maximum atomic E-state index is 12.4. The third-order valence-corrected chi connectivity index (χ3v) is 7.40. The van der Waals surface area contributed by atoms with Gasteiger partial charge in [-0.05, 0) is 42.7 Å². The van der Waals surface area contributed by atoms with Gasteiger partial charge >= 0.3 is 0 Å². The summed E-state index contributed by atoms with van der Waals surface area (Å²) in [5, 5.41) is 0. The van der Waals surface area contributed by atoms with Crippen LogP contribution in [0.25, 0.3) is 0 Å². The molecule has 0 unspecified atom stereocenters. The smallest absolute Gasteiger partial charge is 0.242 e. The Morgan fingerprint density at radius 3 is 2.26 bits per heavy atom. The second-order valence-electron chi connectivity index (χ2n) is 6.20. The number of hydrogen-bond acceptors (Lipinski definition) is 5. The molecule has 1 saturated heterocycles. The maximum Gasteiger partial charge on any atom is 0.242 e. The van der Waals surface area contributed by atoms with E-state index in [0.717, 1.165) is 16.3 Å². The summed E-state index contributed by atoms with van der Waals surface area (Å²) < 4.78 is 51.8. The van der Waals surface area contributed by atoms with Gasteiger partial charge in [0.15, 0.2) is 0 Å². The fourth-order valence-corrected chi connectivity index (χ4v) is 5.39. The number of amides is 1. The summed E-state index contributed by atoms with van der Waals surface area (Å²) in [5.41, 5.74) is 1.29. The molecular weight excluding hydrogens is 388 g/mol. The maximum absolute atomic E-state index is 12.4. The third kappa shape index (κ3) is 4.55. The van der Waals surface area contributed by atoms with Crippen molar-refractivity contribution in [3.05, 3.63) is 60.2 Å². The Balaban J connectivity index is 1.62. The minimum atomic E-state index is -3.70. The molecule has 7 nitrogen and oxygen atoms in total. The van der Waals surface area contributed by atoms with Crippen molar-refractivity contribution in [2.24, 2.45) is 0 Å². The molecular formula is C18H20N2O5S2. The minimum absolute atomic E-state index is 0.0232. The summed E-state index contributed by atoms with van der Waals surface area (Å²) in [6.45, 7) is 0.290. The van der Waals surface area contributed by atoms with Gasteiger partial charge in [0.05, 0.1) is 16.3 Å². The summed E-state index contributed by atoms with van der Waals surface area (Å²) >= 11 is 0. The van der Waals surface area contributed by atoms with Crippen LogP contribution in [-0.4, -0.2) is 35.0 Å².